The summed E-state index contributed by atoms with van der Waals surface area (Å²) >= 11 is 3.32. The molecule has 0 aliphatic heterocycles. The molecule has 2 aromatic rings. The van der Waals surface area contributed by atoms with Gasteiger partial charge in [0.2, 0.25) is 5.91 Å². The summed E-state index contributed by atoms with van der Waals surface area (Å²) in [5.41, 5.74) is 1.89. The second-order valence-electron chi connectivity index (χ2n) is 4.54. The molecule has 108 valence electrons. The molecule has 2 rings (SSSR count). The summed E-state index contributed by atoms with van der Waals surface area (Å²) in [5.74, 6) is 0.0474. The number of nitrogens with zero attached hydrogens (tertiary/aromatic N) is 1. The number of nitrogens with one attached hydrogen (secondary N) is 2. The number of halogens is 1. The first kappa shape index (κ1) is 15.2. The number of hydrogen-bond acceptors (Lipinski definition) is 3. The number of benzene rings is 1. The maximum atomic E-state index is 12.2. The first-order valence-electron chi connectivity index (χ1n) is 6.27. The van der Waals surface area contributed by atoms with Crippen LogP contribution in [0.4, 0.5) is 11.5 Å². The molecule has 0 atom stereocenters. The van der Waals surface area contributed by atoms with E-state index in [2.05, 4.69) is 31.5 Å². The number of aryl methyl sites for hydroxylation is 1. The van der Waals surface area contributed by atoms with Gasteiger partial charge in [-0.25, -0.2) is 4.98 Å². The van der Waals surface area contributed by atoms with E-state index in [4.69, 9.17) is 0 Å². The van der Waals surface area contributed by atoms with Gasteiger partial charge in [0, 0.05) is 28.8 Å². The lowest BCUT2D eigenvalue weighted by molar-refractivity contribution is -0.114. The molecule has 0 bridgehead atoms. The molecule has 1 heterocycles. The van der Waals surface area contributed by atoms with Crippen molar-refractivity contribution < 1.29 is 9.59 Å². The van der Waals surface area contributed by atoms with Gasteiger partial charge < -0.3 is 10.6 Å². The zero-order valence-electron chi connectivity index (χ0n) is 11.6. The van der Waals surface area contributed by atoms with Gasteiger partial charge in [-0.05, 0) is 52.7 Å². The van der Waals surface area contributed by atoms with Crippen LogP contribution in [0.1, 0.15) is 22.8 Å². The third kappa shape index (κ3) is 4.13. The maximum absolute atomic E-state index is 12.2. The molecular formula is C15H14BrN3O2. The van der Waals surface area contributed by atoms with Crippen molar-refractivity contribution in [3.05, 3.63) is 52.1 Å². The van der Waals surface area contributed by atoms with E-state index in [0.29, 0.717) is 17.1 Å². The maximum Gasteiger partial charge on any atom is 0.256 e. The molecule has 0 unspecified atom stereocenters. The van der Waals surface area contributed by atoms with E-state index < -0.39 is 0 Å². The highest BCUT2D eigenvalue weighted by Gasteiger charge is 2.10. The van der Waals surface area contributed by atoms with Crippen molar-refractivity contribution in [3.8, 4) is 0 Å². The monoisotopic (exact) mass is 347 g/mol. The van der Waals surface area contributed by atoms with Crippen molar-refractivity contribution in [1.29, 1.82) is 0 Å². The summed E-state index contributed by atoms with van der Waals surface area (Å²) in [5, 5.41) is 5.39. The van der Waals surface area contributed by atoms with Crippen LogP contribution in [0.25, 0.3) is 0 Å². The van der Waals surface area contributed by atoms with E-state index in [1.165, 1.54) is 6.92 Å². The molecule has 0 saturated heterocycles. The van der Waals surface area contributed by atoms with E-state index in [1.807, 2.05) is 13.0 Å². The van der Waals surface area contributed by atoms with Gasteiger partial charge in [0.25, 0.3) is 5.91 Å². The fourth-order valence-electron chi connectivity index (χ4n) is 1.79. The van der Waals surface area contributed by atoms with Crippen molar-refractivity contribution >= 4 is 39.2 Å². The molecule has 0 saturated carbocycles. The van der Waals surface area contributed by atoms with E-state index in [-0.39, 0.29) is 11.8 Å². The molecule has 5 nitrogen and oxygen atoms in total. The van der Waals surface area contributed by atoms with Crippen molar-refractivity contribution in [2.45, 2.75) is 13.8 Å². The van der Waals surface area contributed by atoms with Gasteiger partial charge in [-0.2, -0.15) is 0 Å². The summed E-state index contributed by atoms with van der Waals surface area (Å²) in [6.45, 7) is 3.28. The molecule has 1 aromatic carbocycles. The minimum absolute atomic E-state index is 0.182. The minimum Gasteiger partial charge on any atom is -0.326 e. The van der Waals surface area contributed by atoms with E-state index in [1.54, 1.807) is 30.5 Å². The molecule has 21 heavy (non-hydrogen) atoms. The fraction of sp³-hybridized carbons (Fsp3) is 0.133. The summed E-state index contributed by atoms with van der Waals surface area (Å²) in [6.07, 6.45) is 1.62. The third-order valence-electron chi connectivity index (χ3n) is 2.72. The predicted molar refractivity (Wildman–Crippen MR) is 85.4 cm³/mol. The van der Waals surface area contributed by atoms with Gasteiger partial charge in [-0.3, -0.25) is 9.59 Å². The fourth-order valence-corrected chi connectivity index (χ4v) is 2.24. The van der Waals surface area contributed by atoms with Crippen LogP contribution in [0.5, 0.6) is 0 Å². The quantitative estimate of drug-likeness (QED) is 0.894. The molecular weight excluding hydrogens is 334 g/mol. The first-order valence-corrected chi connectivity index (χ1v) is 7.06. The highest BCUT2D eigenvalue weighted by atomic mass is 79.9. The summed E-state index contributed by atoms with van der Waals surface area (Å²) in [7, 11) is 0. The van der Waals surface area contributed by atoms with Crippen LogP contribution in [-0.2, 0) is 4.79 Å². The van der Waals surface area contributed by atoms with Crippen molar-refractivity contribution in [3.63, 3.8) is 0 Å². The number of amides is 2. The van der Waals surface area contributed by atoms with Gasteiger partial charge in [0.15, 0.2) is 0 Å². The number of carbonyl (C=O) groups is 2. The van der Waals surface area contributed by atoms with Gasteiger partial charge >= 0.3 is 0 Å². The Labute approximate surface area is 130 Å². The second-order valence-corrected chi connectivity index (χ2v) is 5.45. The van der Waals surface area contributed by atoms with Gasteiger partial charge in [0.1, 0.15) is 5.82 Å². The van der Waals surface area contributed by atoms with E-state index >= 15 is 0 Å². The molecule has 2 amide bonds. The van der Waals surface area contributed by atoms with Gasteiger partial charge in [0.05, 0.1) is 0 Å². The lowest BCUT2D eigenvalue weighted by atomic mass is 10.2. The highest BCUT2D eigenvalue weighted by Crippen LogP contribution is 2.18. The number of pyridine rings is 1. The Kier molecular flexibility index (Phi) is 4.70. The molecule has 0 fully saturated rings. The second kappa shape index (κ2) is 6.49. The van der Waals surface area contributed by atoms with Crippen LogP contribution < -0.4 is 10.6 Å². The van der Waals surface area contributed by atoms with Crippen LogP contribution in [-0.4, -0.2) is 16.8 Å². The number of rotatable bonds is 3. The standard InChI is InChI=1S/C15H14BrN3O2/c1-9-6-12(16)8-17-14(9)19-15(21)11-4-3-5-13(7-11)18-10(2)20/h3-8H,1-2H3,(H,18,20)(H,17,19,21). The van der Waals surface area contributed by atoms with E-state index in [9.17, 15) is 9.59 Å². The molecule has 0 aliphatic rings. The largest absolute Gasteiger partial charge is 0.326 e. The highest BCUT2D eigenvalue weighted by molar-refractivity contribution is 9.10. The molecule has 0 radical (unpaired) electrons. The number of anilines is 2. The topological polar surface area (TPSA) is 71.1 Å². The van der Waals surface area contributed by atoms with Crippen molar-refractivity contribution in [2.24, 2.45) is 0 Å². The molecule has 0 spiro atoms. The minimum atomic E-state index is -0.278. The Morgan fingerprint density at radius 2 is 1.95 bits per heavy atom. The van der Waals surface area contributed by atoms with Crippen LogP contribution in [0.3, 0.4) is 0 Å². The Balaban J connectivity index is 2.18. The lowest BCUT2D eigenvalue weighted by Gasteiger charge is -2.09. The summed E-state index contributed by atoms with van der Waals surface area (Å²) in [4.78, 5) is 27.4. The van der Waals surface area contributed by atoms with Gasteiger partial charge in [-0.1, -0.05) is 6.07 Å². The zero-order chi connectivity index (χ0) is 15.4. The predicted octanol–water partition coefficient (Wildman–Crippen LogP) is 3.36. The van der Waals surface area contributed by atoms with E-state index in [0.717, 1.165) is 10.0 Å². The Morgan fingerprint density at radius 1 is 1.19 bits per heavy atom. The first-order chi connectivity index (χ1) is 9.95. The van der Waals surface area contributed by atoms with Gasteiger partial charge in [-0.15, -0.1) is 0 Å². The third-order valence-corrected chi connectivity index (χ3v) is 3.16. The van der Waals surface area contributed by atoms with Crippen LogP contribution >= 0.6 is 15.9 Å². The average Bonchev–Trinajstić information content (AvgIpc) is 2.41. The summed E-state index contributed by atoms with van der Waals surface area (Å²) in [6, 6.07) is 8.60. The molecule has 2 N–H and O–H groups in total. The molecule has 0 aliphatic carbocycles. The van der Waals surface area contributed by atoms with Crippen molar-refractivity contribution in [2.75, 3.05) is 10.6 Å². The lowest BCUT2D eigenvalue weighted by Crippen LogP contribution is -2.14. The molecule has 6 heteroatoms. The smallest absolute Gasteiger partial charge is 0.256 e. The molecule has 1 aromatic heterocycles. The van der Waals surface area contributed by atoms with Crippen LogP contribution in [0.2, 0.25) is 0 Å². The Hall–Kier alpha value is -2.21. The van der Waals surface area contributed by atoms with Crippen LogP contribution in [0.15, 0.2) is 41.0 Å². The Bertz CT molecular complexity index is 701. The summed E-state index contributed by atoms with van der Waals surface area (Å²) < 4.78 is 0.852. The van der Waals surface area contributed by atoms with Crippen molar-refractivity contribution in [1.82, 2.24) is 4.98 Å². The van der Waals surface area contributed by atoms with Crippen LogP contribution in [0, 0.1) is 6.92 Å². The average molecular weight is 348 g/mol. The number of hydrogen-bond donors (Lipinski definition) is 2. The normalized spacial score (nSPS) is 10.0. The SMILES string of the molecule is CC(=O)Nc1cccc(C(=O)Nc2ncc(Br)cc2C)c1. The zero-order valence-corrected chi connectivity index (χ0v) is 13.2. The number of carbonyl (C=O) groups excluding carboxylic acids is 2. The number of aromatic nitrogens is 1. The Morgan fingerprint density at radius 3 is 2.62 bits per heavy atom.